The van der Waals surface area contributed by atoms with Crippen LogP contribution < -0.4 is 5.32 Å². The molecule has 152 valence electrons. The number of ether oxygens (including phenoxy) is 1. The number of halogens is 1. The molecule has 0 bridgehead atoms. The normalized spacial score (nSPS) is 20.3. The molecule has 0 aromatic carbocycles. The van der Waals surface area contributed by atoms with Crippen molar-refractivity contribution in [2.75, 3.05) is 39.3 Å². The maximum Gasteiger partial charge on any atom is 0.222 e. The standard InChI is InChI=1S/C19H36N4O2.HI/c1-4-16(23-13-7-8-18(23)24)9-12-21-19(20-5-2)22-14-10-17(11-15-22)25-6-3;/h16-17H,4-15H2,1-3H3,(H,20,21);1H. The van der Waals surface area contributed by atoms with Crippen LogP contribution in [0.25, 0.3) is 0 Å². The van der Waals surface area contributed by atoms with Gasteiger partial charge in [-0.3, -0.25) is 9.79 Å². The molecule has 0 aromatic rings. The quantitative estimate of drug-likeness (QED) is 0.330. The number of carbonyl (C=O) groups excluding carboxylic acids is 1. The predicted octanol–water partition coefficient (Wildman–Crippen LogP) is 2.86. The zero-order valence-electron chi connectivity index (χ0n) is 16.7. The number of hydrogen-bond donors (Lipinski definition) is 1. The fourth-order valence-electron chi connectivity index (χ4n) is 3.85. The molecular formula is C19H37IN4O2. The van der Waals surface area contributed by atoms with Crippen molar-refractivity contribution >= 4 is 35.8 Å². The van der Waals surface area contributed by atoms with Crippen LogP contribution in [0.4, 0.5) is 0 Å². The Labute approximate surface area is 176 Å². The number of hydrogen-bond acceptors (Lipinski definition) is 3. The second-order valence-electron chi connectivity index (χ2n) is 6.92. The molecule has 0 aromatic heterocycles. The molecule has 0 radical (unpaired) electrons. The van der Waals surface area contributed by atoms with Crippen LogP contribution in [0.2, 0.25) is 0 Å². The Kier molecular flexibility index (Phi) is 11.5. The average molecular weight is 480 g/mol. The minimum absolute atomic E-state index is 0. The third kappa shape index (κ3) is 6.87. The van der Waals surface area contributed by atoms with Crippen molar-refractivity contribution < 1.29 is 9.53 Å². The third-order valence-electron chi connectivity index (χ3n) is 5.22. The molecule has 1 atom stereocenters. The van der Waals surface area contributed by atoms with Gasteiger partial charge in [-0.05, 0) is 46.0 Å². The molecule has 2 saturated heterocycles. The molecule has 26 heavy (non-hydrogen) atoms. The van der Waals surface area contributed by atoms with Crippen molar-refractivity contribution in [1.29, 1.82) is 0 Å². The fraction of sp³-hybridized carbons (Fsp3) is 0.895. The van der Waals surface area contributed by atoms with Gasteiger partial charge in [0.2, 0.25) is 5.91 Å². The molecule has 2 aliphatic rings. The Hall–Kier alpha value is -0.570. The van der Waals surface area contributed by atoms with Gasteiger partial charge in [0.05, 0.1) is 6.10 Å². The summed E-state index contributed by atoms with van der Waals surface area (Å²) in [5, 5.41) is 3.42. The van der Waals surface area contributed by atoms with Gasteiger partial charge in [-0.15, -0.1) is 24.0 Å². The van der Waals surface area contributed by atoms with Crippen LogP contribution in [0.15, 0.2) is 4.99 Å². The molecule has 2 aliphatic heterocycles. The van der Waals surface area contributed by atoms with Crippen molar-refractivity contribution in [2.45, 2.75) is 71.4 Å². The van der Waals surface area contributed by atoms with Crippen molar-refractivity contribution in [3.63, 3.8) is 0 Å². The summed E-state index contributed by atoms with van der Waals surface area (Å²) in [6.07, 6.45) is 6.22. The summed E-state index contributed by atoms with van der Waals surface area (Å²) in [6.45, 7) is 11.7. The molecule has 6 nitrogen and oxygen atoms in total. The van der Waals surface area contributed by atoms with Crippen molar-refractivity contribution in [3.05, 3.63) is 0 Å². The van der Waals surface area contributed by atoms with Crippen LogP contribution in [-0.4, -0.2) is 73.1 Å². The van der Waals surface area contributed by atoms with Gasteiger partial charge in [0.25, 0.3) is 0 Å². The Morgan fingerprint density at radius 2 is 2.00 bits per heavy atom. The highest BCUT2D eigenvalue weighted by Gasteiger charge is 2.26. The van der Waals surface area contributed by atoms with E-state index in [1.807, 2.05) is 0 Å². The monoisotopic (exact) mass is 480 g/mol. The molecule has 0 saturated carbocycles. The summed E-state index contributed by atoms with van der Waals surface area (Å²) in [6, 6.07) is 0.338. The molecule has 2 fully saturated rings. The van der Waals surface area contributed by atoms with Gasteiger partial charge in [0.1, 0.15) is 0 Å². The van der Waals surface area contributed by atoms with E-state index in [9.17, 15) is 4.79 Å². The first-order valence-corrected chi connectivity index (χ1v) is 10.1. The minimum atomic E-state index is 0. The number of nitrogens with one attached hydrogen (secondary N) is 1. The number of piperidine rings is 1. The van der Waals surface area contributed by atoms with E-state index < -0.39 is 0 Å². The molecule has 1 unspecified atom stereocenters. The second-order valence-corrected chi connectivity index (χ2v) is 6.92. The number of aliphatic imine (C=N–C) groups is 1. The number of likely N-dealkylation sites (tertiary alicyclic amines) is 2. The SMILES string of the molecule is CCNC(=NCCC(CC)N1CCCC1=O)N1CCC(OCC)CC1.I. The Balaban J connectivity index is 0.00000338. The Morgan fingerprint density at radius 1 is 1.27 bits per heavy atom. The maximum atomic E-state index is 12.0. The van der Waals surface area contributed by atoms with E-state index in [-0.39, 0.29) is 24.0 Å². The minimum Gasteiger partial charge on any atom is -0.378 e. The molecule has 1 N–H and O–H groups in total. The lowest BCUT2D eigenvalue weighted by Gasteiger charge is -2.34. The first-order chi connectivity index (χ1) is 12.2. The summed E-state index contributed by atoms with van der Waals surface area (Å²) < 4.78 is 5.74. The van der Waals surface area contributed by atoms with Crippen LogP contribution in [0.5, 0.6) is 0 Å². The zero-order chi connectivity index (χ0) is 18.1. The second kappa shape index (κ2) is 12.8. The molecule has 2 rings (SSSR count). The maximum absolute atomic E-state index is 12.0. The van der Waals surface area contributed by atoms with Crippen LogP contribution in [0.1, 0.15) is 59.3 Å². The van der Waals surface area contributed by atoms with Gasteiger partial charge in [-0.2, -0.15) is 0 Å². The number of amides is 1. The van der Waals surface area contributed by atoms with E-state index >= 15 is 0 Å². The van der Waals surface area contributed by atoms with Crippen molar-refractivity contribution in [2.24, 2.45) is 4.99 Å². The molecule has 0 aliphatic carbocycles. The van der Waals surface area contributed by atoms with Gasteiger partial charge < -0.3 is 19.9 Å². The summed E-state index contributed by atoms with van der Waals surface area (Å²) in [4.78, 5) is 21.2. The highest BCUT2D eigenvalue weighted by molar-refractivity contribution is 14.0. The topological polar surface area (TPSA) is 57.2 Å². The third-order valence-corrected chi connectivity index (χ3v) is 5.22. The summed E-state index contributed by atoms with van der Waals surface area (Å²) in [5.74, 6) is 1.33. The number of guanidine groups is 1. The fourth-order valence-corrected chi connectivity index (χ4v) is 3.85. The zero-order valence-corrected chi connectivity index (χ0v) is 19.0. The van der Waals surface area contributed by atoms with Gasteiger partial charge in [-0.1, -0.05) is 6.92 Å². The average Bonchev–Trinajstić information content (AvgIpc) is 3.05. The van der Waals surface area contributed by atoms with Gasteiger partial charge in [-0.25, -0.2) is 0 Å². The van der Waals surface area contributed by atoms with Crippen LogP contribution in [-0.2, 0) is 9.53 Å². The van der Waals surface area contributed by atoms with E-state index in [1.54, 1.807) is 0 Å². The highest BCUT2D eigenvalue weighted by atomic mass is 127. The van der Waals surface area contributed by atoms with Crippen LogP contribution >= 0.6 is 24.0 Å². The predicted molar refractivity (Wildman–Crippen MR) is 117 cm³/mol. The van der Waals surface area contributed by atoms with Crippen molar-refractivity contribution in [3.8, 4) is 0 Å². The molecular weight excluding hydrogens is 443 g/mol. The van der Waals surface area contributed by atoms with Crippen LogP contribution in [0, 0.1) is 0 Å². The summed E-state index contributed by atoms with van der Waals surface area (Å²) in [7, 11) is 0. The lowest BCUT2D eigenvalue weighted by Crippen LogP contribution is -2.47. The Bertz CT molecular complexity index is 439. The van der Waals surface area contributed by atoms with Gasteiger partial charge in [0, 0.05) is 51.8 Å². The number of nitrogens with zero attached hydrogens (tertiary/aromatic N) is 3. The summed E-state index contributed by atoms with van der Waals surface area (Å²) >= 11 is 0. The molecule has 1 amide bonds. The van der Waals surface area contributed by atoms with Crippen LogP contribution in [0.3, 0.4) is 0 Å². The summed E-state index contributed by atoms with van der Waals surface area (Å²) in [5.41, 5.74) is 0. The van der Waals surface area contributed by atoms with E-state index in [4.69, 9.17) is 9.73 Å². The van der Waals surface area contributed by atoms with E-state index in [1.165, 1.54) is 0 Å². The van der Waals surface area contributed by atoms with Gasteiger partial charge >= 0.3 is 0 Å². The lowest BCUT2D eigenvalue weighted by molar-refractivity contribution is -0.129. The first kappa shape index (κ1) is 23.5. The van der Waals surface area contributed by atoms with Gasteiger partial charge in [0.15, 0.2) is 5.96 Å². The Morgan fingerprint density at radius 3 is 2.54 bits per heavy atom. The molecule has 2 heterocycles. The largest absolute Gasteiger partial charge is 0.378 e. The molecule has 7 heteroatoms. The number of carbonyl (C=O) groups is 1. The van der Waals surface area contributed by atoms with E-state index in [0.29, 0.717) is 18.1 Å². The lowest BCUT2D eigenvalue weighted by atomic mass is 10.1. The highest BCUT2D eigenvalue weighted by Crippen LogP contribution is 2.18. The van der Waals surface area contributed by atoms with E-state index in [2.05, 4.69) is 35.9 Å². The molecule has 0 spiro atoms. The first-order valence-electron chi connectivity index (χ1n) is 10.1. The number of rotatable bonds is 8. The smallest absolute Gasteiger partial charge is 0.222 e. The van der Waals surface area contributed by atoms with Crippen molar-refractivity contribution in [1.82, 2.24) is 15.1 Å². The van der Waals surface area contributed by atoms with E-state index in [0.717, 1.165) is 83.8 Å².